The minimum atomic E-state index is -1.11. The maximum absolute atomic E-state index is 12.6. The van der Waals surface area contributed by atoms with E-state index >= 15 is 0 Å². The molecule has 0 aliphatic heterocycles. The minimum absolute atomic E-state index is 0.00925. The molecule has 0 fully saturated rings. The van der Waals surface area contributed by atoms with Gasteiger partial charge in [0.1, 0.15) is 17.7 Å². The first-order valence-electron chi connectivity index (χ1n) is 10.8. The molecular formula is C25H26BrN3O5. The maximum Gasteiger partial charge on any atom is 0.408 e. The fourth-order valence-corrected chi connectivity index (χ4v) is 4.37. The summed E-state index contributed by atoms with van der Waals surface area (Å²) in [6, 6.07) is 14.4. The highest BCUT2D eigenvalue weighted by Crippen LogP contribution is 2.27. The number of amides is 1. The summed E-state index contributed by atoms with van der Waals surface area (Å²) in [5.41, 5.74) is 1.92. The molecule has 0 saturated heterocycles. The Morgan fingerprint density at radius 3 is 2.68 bits per heavy atom. The molecule has 178 valence electrons. The molecular weight excluding hydrogens is 502 g/mol. The molecule has 2 aromatic carbocycles. The molecule has 0 radical (unpaired) electrons. The molecule has 1 amide bonds. The summed E-state index contributed by atoms with van der Waals surface area (Å²) >= 11 is 3.48. The highest BCUT2D eigenvalue weighted by atomic mass is 79.9. The Kier molecular flexibility index (Phi) is 6.56. The van der Waals surface area contributed by atoms with Gasteiger partial charge in [-0.25, -0.2) is 9.59 Å². The Morgan fingerprint density at radius 2 is 1.94 bits per heavy atom. The molecule has 0 aliphatic carbocycles. The van der Waals surface area contributed by atoms with Gasteiger partial charge in [-0.1, -0.05) is 30.3 Å². The number of carboxylic acids is 1. The molecule has 0 spiro atoms. The van der Waals surface area contributed by atoms with Crippen LogP contribution in [0.3, 0.4) is 0 Å². The van der Waals surface area contributed by atoms with Crippen LogP contribution in [-0.4, -0.2) is 45.1 Å². The number of para-hydroxylation sites is 2. The van der Waals surface area contributed by atoms with E-state index < -0.39 is 23.7 Å². The number of benzene rings is 2. The van der Waals surface area contributed by atoms with Crippen molar-refractivity contribution in [2.45, 2.75) is 38.8 Å². The van der Waals surface area contributed by atoms with Crippen molar-refractivity contribution in [2.24, 2.45) is 0 Å². The summed E-state index contributed by atoms with van der Waals surface area (Å²) in [6.45, 7) is 5.39. The van der Waals surface area contributed by atoms with Gasteiger partial charge in [-0.2, -0.15) is 4.73 Å². The summed E-state index contributed by atoms with van der Waals surface area (Å²) < 4.78 is 7.43. The van der Waals surface area contributed by atoms with Crippen molar-refractivity contribution in [1.82, 2.24) is 15.0 Å². The number of H-pyrrole nitrogens is 1. The van der Waals surface area contributed by atoms with Gasteiger partial charge in [0.05, 0.1) is 6.04 Å². The molecule has 34 heavy (non-hydrogen) atoms. The van der Waals surface area contributed by atoms with Crippen LogP contribution in [0.15, 0.2) is 59.2 Å². The van der Waals surface area contributed by atoms with Crippen LogP contribution >= 0.6 is 15.9 Å². The lowest BCUT2D eigenvalue weighted by atomic mass is 10.1. The number of aromatic carboxylic acids is 1. The Balaban J connectivity index is 1.63. The second-order valence-corrected chi connectivity index (χ2v) is 9.86. The van der Waals surface area contributed by atoms with Crippen LogP contribution in [0.4, 0.5) is 4.79 Å². The number of hydrogen-bond acceptors (Lipinski definition) is 4. The zero-order valence-corrected chi connectivity index (χ0v) is 20.7. The molecule has 0 saturated carbocycles. The standard InChI is InChI=1S/C25H26BrN3O5/c1-25(2,3)34-24(32)28-17(11-16-13-27-20-10-5-4-8-18(16)20)14-33-29-21(23(30)31)12-15-7-6-9-19(26)22(15)29/h4-10,12-13,17,27H,11,14H2,1-3H3,(H,28,32)(H,30,31). The average molecular weight is 528 g/mol. The van der Waals surface area contributed by atoms with Crippen molar-refractivity contribution in [3.8, 4) is 0 Å². The van der Waals surface area contributed by atoms with E-state index in [-0.39, 0.29) is 12.3 Å². The number of aromatic nitrogens is 2. The lowest BCUT2D eigenvalue weighted by Gasteiger charge is -2.24. The van der Waals surface area contributed by atoms with Gasteiger partial charge in [-0.15, -0.1) is 0 Å². The average Bonchev–Trinajstić information content (AvgIpc) is 3.33. The van der Waals surface area contributed by atoms with Crippen LogP contribution in [0, 0.1) is 0 Å². The van der Waals surface area contributed by atoms with Crippen molar-refractivity contribution in [1.29, 1.82) is 0 Å². The third-order valence-corrected chi connectivity index (χ3v) is 5.86. The van der Waals surface area contributed by atoms with Crippen LogP contribution in [0.5, 0.6) is 0 Å². The van der Waals surface area contributed by atoms with E-state index in [1.807, 2.05) is 48.7 Å². The fraction of sp³-hybridized carbons (Fsp3) is 0.280. The number of aromatic amines is 1. The van der Waals surface area contributed by atoms with Crippen LogP contribution in [0.25, 0.3) is 21.8 Å². The summed E-state index contributed by atoms with van der Waals surface area (Å²) in [4.78, 5) is 33.7. The predicted octanol–water partition coefficient (Wildman–Crippen LogP) is 5.15. The number of nitrogens with one attached hydrogen (secondary N) is 2. The summed E-state index contributed by atoms with van der Waals surface area (Å²) in [6.07, 6.45) is 1.78. The lowest BCUT2D eigenvalue weighted by Crippen LogP contribution is -2.44. The topological polar surface area (TPSA) is 106 Å². The van der Waals surface area contributed by atoms with E-state index in [1.165, 1.54) is 4.73 Å². The molecule has 1 atom stereocenters. The lowest BCUT2D eigenvalue weighted by molar-refractivity contribution is 0.0405. The van der Waals surface area contributed by atoms with Crippen LogP contribution in [0.2, 0.25) is 0 Å². The molecule has 1 unspecified atom stereocenters. The van der Waals surface area contributed by atoms with Gasteiger partial charge in [-0.05, 0) is 66.9 Å². The molecule has 0 bridgehead atoms. The van der Waals surface area contributed by atoms with Gasteiger partial charge >= 0.3 is 12.1 Å². The third-order valence-electron chi connectivity index (χ3n) is 5.22. The zero-order valence-electron chi connectivity index (χ0n) is 19.1. The third kappa shape index (κ3) is 5.20. The Labute approximate surface area is 204 Å². The minimum Gasteiger partial charge on any atom is -0.476 e. The van der Waals surface area contributed by atoms with Crippen LogP contribution < -0.4 is 10.2 Å². The number of ether oxygens (including phenoxy) is 1. The number of alkyl carbamates (subject to hydrolysis) is 1. The number of carbonyl (C=O) groups is 2. The maximum atomic E-state index is 12.6. The van der Waals surface area contributed by atoms with E-state index in [9.17, 15) is 14.7 Å². The van der Waals surface area contributed by atoms with E-state index in [1.54, 1.807) is 26.8 Å². The first-order chi connectivity index (χ1) is 16.1. The van der Waals surface area contributed by atoms with Crippen molar-refractivity contribution < 1.29 is 24.3 Å². The van der Waals surface area contributed by atoms with E-state index in [0.717, 1.165) is 21.9 Å². The van der Waals surface area contributed by atoms with E-state index in [4.69, 9.17) is 9.57 Å². The second kappa shape index (κ2) is 9.42. The molecule has 0 aliphatic rings. The van der Waals surface area contributed by atoms with Crippen LogP contribution in [-0.2, 0) is 11.2 Å². The number of rotatable bonds is 7. The van der Waals surface area contributed by atoms with Crippen molar-refractivity contribution >= 4 is 49.8 Å². The zero-order chi connectivity index (χ0) is 24.5. The second-order valence-electron chi connectivity index (χ2n) is 9.01. The van der Waals surface area contributed by atoms with Gasteiger partial charge < -0.3 is 25.0 Å². The quantitative estimate of drug-likeness (QED) is 0.308. The summed E-state index contributed by atoms with van der Waals surface area (Å²) in [5.74, 6) is -1.11. The molecule has 8 nitrogen and oxygen atoms in total. The first-order valence-corrected chi connectivity index (χ1v) is 11.6. The number of hydrogen-bond donors (Lipinski definition) is 3. The Bertz CT molecular complexity index is 1350. The smallest absolute Gasteiger partial charge is 0.408 e. The van der Waals surface area contributed by atoms with Crippen molar-refractivity contribution in [3.63, 3.8) is 0 Å². The van der Waals surface area contributed by atoms with Crippen molar-refractivity contribution in [2.75, 3.05) is 6.61 Å². The molecule has 4 rings (SSSR count). The highest BCUT2D eigenvalue weighted by Gasteiger charge is 2.23. The fourth-order valence-electron chi connectivity index (χ4n) is 3.83. The number of nitrogens with zero attached hydrogens (tertiary/aromatic N) is 1. The van der Waals surface area contributed by atoms with Gasteiger partial charge in [0.15, 0.2) is 5.69 Å². The monoisotopic (exact) mass is 527 g/mol. The summed E-state index contributed by atoms with van der Waals surface area (Å²) in [7, 11) is 0. The number of carboxylic acid groups (broad SMARTS) is 1. The number of carbonyl (C=O) groups excluding carboxylic acids is 1. The van der Waals surface area contributed by atoms with Gasteiger partial charge in [0, 0.05) is 27.0 Å². The molecule has 9 heteroatoms. The van der Waals surface area contributed by atoms with Gasteiger partial charge in [-0.3, -0.25) is 0 Å². The SMILES string of the molecule is CC(C)(C)OC(=O)NC(COn1c(C(=O)O)cc2cccc(Br)c21)Cc1c[nH]c2ccccc12. The largest absolute Gasteiger partial charge is 0.476 e. The Morgan fingerprint density at radius 1 is 1.18 bits per heavy atom. The molecule has 4 aromatic rings. The molecule has 2 aromatic heterocycles. The van der Waals surface area contributed by atoms with Gasteiger partial charge in [0.2, 0.25) is 0 Å². The van der Waals surface area contributed by atoms with Crippen LogP contribution in [0.1, 0.15) is 36.8 Å². The Hall–Kier alpha value is -3.46. The number of fused-ring (bicyclic) bond motifs is 2. The number of halogens is 1. The predicted molar refractivity (Wildman–Crippen MR) is 133 cm³/mol. The van der Waals surface area contributed by atoms with Gasteiger partial charge in [0.25, 0.3) is 0 Å². The molecule has 3 N–H and O–H groups in total. The summed E-state index contributed by atoms with van der Waals surface area (Å²) in [5, 5.41) is 14.4. The van der Waals surface area contributed by atoms with E-state index in [0.29, 0.717) is 16.4 Å². The van der Waals surface area contributed by atoms with Crippen molar-refractivity contribution in [3.05, 3.63) is 70.5 Å². The highest BCUT2D eigenvalue weighted by molar-refractivity contribution is 9.10. The normalized spacial score (nSPS) is 12.6. The first kappa shape index (κ1) is 23.7. The van der Waals surface area contributed by atoms with E-state index in [2.05, 4.69) is 26.2 Å². The molecule has 2 heterocycles.